The van der Waals surface area contributed by atoms with Gasteiger partial charge in [0.15, 0.2) is 0 Å². The number of benzene rings is 2. The van der Waals surface area contributed by atoms with Crippen LogP contribution in [-0.4, -0.2) is 31.1 Å². The summed E-state index contributed by atoms with van der Waals surface area (Å²) in [5.41, 5.74) is 3.89. The van der Waals surface area contributed by atoms with Crippen LogP contribution in [0.25, 0.3) is 11.1 Å². The number of carbonyl (C=O) groups excluding carboxylic acids is 1. The van der Waals surface area contributed by atoms with Crippen molar-refractivity contribution in [3.63, 3.8) is 0 Å². The molecule has 0 fully saturated rings. The number of carbonyl (C=O) groups is 1. The first-order valence-electron chi connectivity index (χ1n) is 9.61. The maximum Gasteiger partial charge on any atom is 0.262 e. The van der Waals surface area contributed by atoms with E-state index >= 15 is 0 Å². The smallest absolute Gasteiger partial charge is 0.262 e. The molecule has 8 heteroatoms. The lowest BCUT2D eigenvalue weighted by atomic mass is 10.0. The standard InChI is InChI=1S/C22H25N3O4S/c1-5-10-29-20-12-17(14-26)11-19(13-20)18-6-8-21(9-7-18)30(27,28)24-22-15(2)23-25(4)16(22)3/h6-9,11-14,24H,5,10H2,1-4H3. The van der Waals surface area contributed by atoms with E-state index < -0.39 is 10.0 Å². The maximum absolute atomic E-state index is 12.8. The zero-order valence-corrected chi connectivity index (χ0v) is 18.3. The van der Waals surface area contributed by atoms with Gasteiger partial charge >= 0.3 is 0 Å². The minimum absolute atomic E-state index is 0.142. The number of rotatable bonds is 8. The van der Waals surface area contributed by atoms with Gasteiger partial charge in [0.1, 0.15) is 12.0 Å². The van der Waals surface area contributed by atoms with Crippen LogP contribution >= 0.6 is 0 Å². The molecule has 0 unspecified atom stereocenters. The average molecular weight is 428 g/mol. The summed E-state index contributed by atoms with van der Waals surface area (Å²) < 4.78 is 35.6. The van der Waals surface area contributed by atoms with E-state index in [4.69, 9.17) is 4.74 Å². The van der Waals surface area contributed by atoms with Gasteiger partial charge in [0.2, 0.25) is 0 Å². The molecule has 0 amide bonds. The van der Waals surface area contributed by atoms with Crippen molar-refractivity contribution in [1.29, 1.82) is 0 Å². The number of hydrogen-bond acceptors (Lipinski definition) is 5. The second-order valence-electron chi connectivity index (χ2n) is 7.06. The van der Waals surface area contributed by atoms with Crippen LogP contribution < -0.4 is 9.46 Å². The highest BCUT2D eigenvalue weighted by molar-refractivity contribution is 7.92. The van der Waals surface area contributed by atoms with Crippen molar-refractivity contribution < 1.29 is 17.9 Å². The number of ether oxygens (including phenoxy) is 1. The molecule has 2 aromatic carbocycles. The molecule has 0 aliphatic carbocycles. The second-order valence-corrected chi connectivity index (χ2v) is 8.74. The Bertz CT molecular complexity index is 1170. The summed E-state index contributed by atoms with van der Waals surface area (Å²) in [4.78, 5) is 11.4. The Morgan fingerprint density at radius 3 is 2.37 bits per heavy atom. The fraction of sp³-hybridized carbons (Fsp3) is 0.273. The highest BCUT2D eigenvalue weighted by atomic mass is 32.2. The molecule has 3 aromatic rings. The van der Waals surface area contributed by atoms with Gasteiger partial charge in [0.25, 0.3) is 10.0 Å². The summed E-state index contributed by atoms with van der Waals surface area (Å²) in [5.74, 6) is 0.609. The molecule has 0 bridgehead atoms. The van der Waals surface area contributed by atoms with E-state index in [1.807, 2.05) is 13.0 Å². The third-order valence-electron chi connectivity index (χ3n) is 4.78. The van der Waals surface area contributed by atoms with E-state index in [9.17, 15) is 13.2 Å². The molecule has 1 N–H and O–H groups in total. The first-order chi connectivity index (χ1) is 14.2. The van der Waals surface area contributed by atoms with Gasteiger partial charge in [0.05, 0.1) is 28.6 Å². The molecule has 0 saturated carbocycles. The van der Waals surface area contributed by atoms with Gasteiger partial charge in [-0.05, 0) is 61.7 Å². The Labute approximate surface area is 176 Å². The summed E-state index contributed by atoms with van der Waals surface area (Å²) in [6.07, 6.45) is 1.62. The number of nitrogens with one attached hydrogen (secondary N) is 1. The zero-order chi connectivity index (χ0) is 21.9. The van der Waals surface area contributed by atoms with Crippen molar-refractivity contribution in [3.8, 4) is 16.9 Å². The Hall–Kier alpha value is -3.13. The van der Waals surface area contributed by atoms with E-state index in [0.717, 1.165) is 29.5 Å². The summed E-state index contributed by atoms with van der Waals surface area (Å²) in [6.45, 7) is 6.12. The molecule has 0 radical (unpaired) electrons. The van der Waals surface area contributed by atoms with Crippen molar-refractivity contribution in [1.82, 2.24) is 9.78 Å². The van der Waals surface area contributed by atoms with Crippen LogP contribution in [0.3, 0.4) is 0 Å². The number of nitrogens with zero attached hydrogens (tertiary/aromatic N) is 2. The average Bonchev–Trinajstić information content (AvgIpc) is 2.97. The van der Waals surface area contributed by atoms with Crippen molar-refractivity contribution in [2.45, 2.75) is 32.1 Å². The minimum atomic E-state index is -3.76. The lowest BCUT2D eigenvalue weighted by Gasteiger charge is -2.11. The molecule has 0 aliphatic heterocycles. The lowest BCUT2D eigenvalue weighted by Crippen LogP contribution is -2.14. The largest absolute Gasteiger partial charge is 0.494 e. The fourth-order valence-corrected chi connectivity index (χ4v) is 4.28. The molecule has 0 saturated heterocycles. The first-order valence-corrected chi connectivity index (χ1v) is 11.1. The van der Waals surface area contributed by atoms with E-state index in [1.54, 1.807) is 62.0 Å². The second kappa shape index (κ2) is 8.71. The number of sulfonamides is 1. The van der Waals surface area contributed by atoms with E-state index in [1.165, 1.54) is 0 Å². The molecule has 1 aromatic heterocycles. The molecule has 0 aliphatic rings. The predicted octanol–water partition coefficient (Wildman–Crippen LogP) is 4.11. The topological polar surface area (TPSA) is 90.3 Å². The molecular weight excluding hydrogens is 402 g/mol. The SMILES string of the molecule is CCCOc1cc(C=O)cc(-c2ccc(S(=O)(=O)Nc3c(C)nn(C)c3C)cc2)c1. The Balaban J connectivity index is 1.90. The van der Waals surface area contributed by atoms with E-state index in [0.29, 0.717) is 29.3 Å². The molecule has 3 rings (SSSR count). The highest BCUT2D eigenvalue weighted by Gasteiger charge is 2.19. The number of hydrogen-bond donors (Lipinski definition) is 1. The Morgan fingerprint density at radius 1 is 1.10 bits per heavy atom. The zero-order valence-electron chi connectivity index (χ0n) is 17.5. The Morgan fingerprint density at radius 2 is 1.80 bits per heavy atom. The molecule has 0 spiro atoms. The van der Waals surface area contributed by atoms with Crippen LogP contribution in [0.5, 0.6) is 5.75 Å². The highest BCUT2D eigenvalue weighted by Crippen LogP contribution is 2.28. The van der Waals surface area contributed by atoms with Crippen molar-refractivity contribution in [3.05, 3.63) is 59.4 Å². The monoisotopic (exact) mass is 427 g/mol. The molecule has 30 heavy (non-hydrogen) atoms. The normalized spacial score (nSPS) is 11.3. The number of anilines is 1. The van der Waals surface area contributed by atoms with Gasteiger partial charge in [-0.25, -0.2) is 8.42 Å². The Kier molecular flexibility index (Phi) is 6.26. The van der Waals surface area contributed by atoms with Gasteiger partial charge in [0, 0.05) is 12.6 Å². The molecule has 1 heterocycles. The maximum atomic E-state index is 12.8. The van der Waals surface area contributed by atoms with Crippen LogP contribution in [0.4, 0.5) is 5.69 Å². The predicted molar refractivity (Wildman–Crippen MR) is 117 cm³/mol. The van der Waals surface area contributed by atoms with Crippen molar-refractivity contribution >= 4 is 22.0 Å². The van der Waals surface area contributed by atoms with E-state index in [2.05, 4.69) is 9.82 Å². The quantitative estimate of drug-likeness (QED) is 0.547. The minimum Gasteiger partial charge on any atom is -0.494 e. The lowest BCUT2D eigenvalue weighted by molar-refractivity contribution is 0.112. The van der Waals surface area contributed by atoms with Crippen LogP contribution in [0.2, 0.25) is 0 Å². The third-order valence-corrected chi connectivity index (χ3v) is 6.15. The van der Waals surface area contributed by atoms with Crippen LogP contribution in [-0.2, 0) is 17.1 Å². The summed E-state index contributed by atoms with van der Waals surface area (Å²) in [6, 6.07) is 11.8. The van der Waals surface area contributed by atoms with Gasteiger partial charge in [-0.2, -0.15) is 5.10 Å². The number of aldehydes is 1. The molecule has 7 nitrogen and oxygen atoms in total. The van der Waals surface area contributed by atoms with Crippen LogP contribution in [0.15, 0.2) is 47.4 Å². The number of aryl methyl sites for hydroxylation is 2. The van der Waals surface area contributed by atoms with Gasteiger partial charge in [-0.3, -0.25) is 14.2 Å². The summed E-state index contributed by atoms with van der Waals surface area (Å²) in [5, 5.41) is 4.24. The van der Waals surface area contributed by atoms with Gasteiger partial charge in [-0.15, -0.1) is 0 Å². The molecule has 0 atom stereocenters. The van der Waals surface area contributed by atoms with Crippen molar-refractivity contribution in [2.75, 3.05) is 11.3 Å². The molecular formula is C22H25N3O4S. The van der Waals surface area contributed by atoms with Gasteiger partial charge < -0.3 is 4.74 Å². The van der Waals surface area contributed by atoms with Crippen LogP contribution in [0.1, 0.15) is 35.1 Å². The fourth-order valence-electron chi connectivity index (χ4n) is 3.10. The third kappa shape index (κ3) is 4.54. The summed E-state index contributed by atoms with van der Waals surface area (Å²) in [7, 11) is -2.00. The van der Waals surface area contributed by atoms with Crippen LogP contribution in [0, 0.1) is 13.8 Å². The number of aromatic nitrogens is 2. The first kappa shape index (κ1) is 21.6. The van der Waals surface area contributed by atoms with E-state index in [-0.39, 0.29) is 4.90 Å². The summed E-state index contributed by atoms with van der Waals surface area (Å²) >= 11 is 0. The van der Waals surface area contributed by atoms with Gasteiger partial charge in [-0.1, -0.05) is 19.1 Å². The van der Waals surface area contributed by atoms with Crippen molar-refractivity contribution in [2.24, 2.45) is 7.05 Å². The molecule has 158 valence electrons.